The Labute approximate surface area is 95.9 Å². The highest BCUT2D eigenvalue weighted by molar-refractivity contribution is 5.48. The topological polar surface area (TPSA) is 7.68 Å². The fraction of sp³-hybridized carbons (Fsp3) is 0.200. The van der Waals surface area contributed by atoms with E-state index in [-0.39, 0.29) is 24.0 Å². The number of nitrogens with zero attached hydrogens (tertiary/aromatic N) is 1. The van der Waals surface area contributed by atoms with Gasteiger partial charge in [0.25, 0.3) is 0 Å². The van der Waals surface area contributed by atoms with Crippen LogP contribution in [0, 0.1) is 0 Å². The van der Waals surface area contributed by atoms with Crippen molar-refractivity contribution in [3.63, 3.8) is 0 Å². The normalized spacial score (nSPS) is 20.1. The molecule has 1 unspecified atom stereocenters. The lowest BCUT2D eigenvalue weighted by molar-refractivity contribution is -0.817. The van der Waals surface area contributed by atoms with Gasteiger partial charge in [-0.25, -0.2) is 0 Å². The van der Waals surface area contributed by atoms with E-state index in [2.05, 4.69) is 48.6 Å². The van der Waals surface area contributed by atoms with Crippen LogP contribution in [-0.4, -0.2) is 13.7 Å². The lowest BCUT2D eigenvalue weighted by Crippen LogP contribution is -3.03. The molecule has 0 aromatic heterocycles. The summed E-state index contributed by atoms with van der Waals surface area (Å²) in [5.74, 6) is 0. The third kappa shape index (κ3) is 2.45. The van der Waals surface area contributed by atoms with E-state index in [0.29, 0.717) is 0 Å². The molecule has 1 N–H and O–H groups in total. The minimum absolute atomic E-state index is 0. The summed E-state index contributed by atoms with van der Waals surface area (Å²) in [7, 11) is 2.15. The van der Waals surface area contributed by atoms with Gasteiger partial charge in [0.2, 0.25) is 0 Å². The predicted octanol–water partition coefficient (Wildman–Crippen LogP) is -2.55. The van der Waals surface area contributed by atoms with Gasteiger partial charge in [-0.2, -0.15) is 0 Å². The Morgan fingerprint density at radius 1 is 1.23 bits per heavy atom. The highest BCUT2D eigenvalue weighted by Gasteiger charge is 2.13. The zero-order valence-electron chi connectivity index (χ0n) is 7.57. The molecule has 0 bridgehead atoms. The van der Waals surface area contributed by atoms with Crippen molar-refractivity contribution < 1.29 is 28.9 Å². The number of nitrogens with one attached hydrogen (secondary N) is 1. The van der Waals surface area contributed by atoms with Gasteiger partial charge in [-0.1, -0.05) is 18.2 Å². The maximum absolute atomic E-state index is 2.25. The number of anilines is 1. The molecule has 1 aromatic rings. The Kier molecular flexibility index (Phi) is 3.74. The van der Waals surface area contributed by atoms with E-state index in [1.807, 2.05) is 6.07 Å². The Hall–Kier alpha value is -0.550. The van der Waals surface area contributed by atoms with Gasteiger partial charge >= 0.3 is 0 Å². The number of benzene rings is 1. The van der Waals surface area contributed by atoms with Crippen LogP contribution in [0.25, 0.3) is 0 Å². The van der Waals surface area contributed by atoms with Crippen LogP contribution in [0.15, 0.2) is 42.7 Å². The first-order valence-electron chi connectivity index (χ1n) is 4.18. The van der Waals surface area contributed by atoms with E-state index in [1.54, 1.807) is 0 Å². The fourth-order valence-electron chi connectivity index (χ4n) is 1.39. The van der Waals surface area contributed by atoms with Crippen molar-refractivity contribution in [3.05, 3.63) is 42.7 Å². The quantitative estimate of drug-likeness (QED) is 0.559. The maximum Gasteiger partial charge on any atom is 0.161 e. The van der Waals surface area contributed by atoms with E-state index in [4.69, 9.17) is 0 Å². The van der Waals surface area contributed by atoms with Crippen LogP contribution in [0.5, 0.6) is 0 Å². The zero-order valence-corrected chi connectivity index (χ0v) is 9.73. The molecule has 0 fully saturated rings. The van der Waals surface area contributed by atoms with E-state index < -0.39 is 0 Å². The Morgan fingerprint density at radius 3 is 2.46 bits per heavy atom. The van der Waals surface area contributed by atoms with E-state index >= 15 is 0 Å². The van der Waals surface area contributed by atoms with E-state index in [0.717, 1.165) is 6.67 Å². The molecule has 3 heteroatoms. The summed E-state index contributed by atoms with van der Waals surface area (Å²) in [6, 6.07) is 10.4. The second kappa shape index (κ2) is 4.62. The largest absolute Gasteiger partial charge is 1.00 e. The summed E-state index contributed by atoms with van der Waals surface area (Å²) in [6.45, 7) is 1.03. The van der Waals surface area contributed by atoms with E-state index in [9.17, 15) is 0 Å². The summed E-state index contributed by atoms with van der Waals surface area (Å²) in [6.07, 6.45) is 4.29. The molecule has 0 aliphatic carbocycles. The minimum atomic E-state index is 0. The van der Waals surface area contributed by atoms with Crippen molar-refractivity contribution in [2.45, 2.75) is 0 Å². The zero-order chi connectivity index (χ0) is 8.39. The highest BCUT2D eigenvalue weighted by Crippen LogP contribution is 2.12. The SMILES string of the molecule is C[NH+]1C=CN(c2ccccc2)C1.[I-]. The number of para-hydroxylation sites is 1. The summed E-state index contributed by atoms with van der Waals surface area (Å²) in [4.78, 5) is 3.66. The van der Waals surface area contributed by atoms with Gasteiger partial charge in [-0.05, 0) is 12.1 Å². The van der Waals surface area contributed by atoms with Crippen LogP contribution in [0.3, 0.4) is 0 Å². The Balaban J connectivity index is 0.000000845. The maximum atomic E-state index is 2.25. The summed E-state index contributed by atoms with van der Waals surface area (Å²) >= 11 is 0. The van der Waals surface area contributed by atoms with Crippen LogP contribution in [0.4, 0.5) is 5.69 Å². The summed E-state index contributed by atoms with van der Waals surface area (Å²) in [5, 5.41) is 0. The van der Waals surface area contributed by atoms with Gasteiger partial charge in [0, 0.05) is 5.69 Å². The molecular formula is C10H13IN2. The van der Waals surface area contributed by atoms with Gasteiger partial charge in [0.15, 0.2) is 6.67 Å². The highest BCUT2D eigenvalue weighted by atomic mass is 127. The molecule has 2 rings (SSSR count). The van der Waals surface area contributed by atoms with Crippen molar-refractivity contribution in [1.82, 2.24) is 0 Å². The molecule has 0 amide bonds. The first kappa shape index (κ1) is 10.5. The first-order chi connectivity index (χ1) is 5.86. The average molecular weight is 288 g/mol. The Morgan fingerprint density at radius 2 is 1.92 bits per heavy atom. The first-order valence-corrected chi connectivity index (χ1v) is 4.18. The fourth-order valence-corrected chi connectivity index (χ4v) is 1.39. The molecular weight excluding hydrogens is 275 g/mol. The number of halogens is 1. The van der Waals surface area contributed by atoms with Crippen molar-refractivity contribution in [2.75, 3.05) is 18.6 Å². The van der Waals surface area contributed by atoms with Crippen LogP contribution in [-0.2, 0) is 0 Å². The molecule has 1 heterocycles. The van der Waals surface area contributed by atoms with Gasteiger partial charge in [0.1, 0.15) is 6.20 Å². The van der Waals surface area contributed by atoms with Crippen LogP contribution >= 0.6 is 0 Å². The molecule has 13 heavy (non-hydrogen) atoms. The third-order valence-electron chi connectivity index (χ3n) is 2.05. The van der Waals surface area contributed by atoms with Crippen molar-refractivity contribution in [3.8, 4) is 0 Å². The average Bonchev–Trinajstić information content (AvgIpc) is 2.54. The number of hydrogen-bond acceptors (Lipinski definition) is 1. The lowest BCUT2D eigenvalue weighted by Gasteiger charge is -2.13. The van der Waals surface area contributed by atoms with Crippen molar-refractivity contribution in [1.29, 1.82) is 0 Å². The standard InChI is InChI=1S/C10H12N2.HI/c1-11-7-8-12(9-11)10-5-3-2-4-6-10;/h2-8H,9H2,1H3;1H. The lowest BCUT2D eigenvalue weighted by atomic mass is 10.3. The van der Waals surface area contributed by atoms with Crippen LogP contribution in [0.2, 0.25) is 0 Å². The predicted molar refractivity (Wildman–Crippen MR) is 49.8 cm³/mol. The number of rotatable bonds is 1. The van der Waals surface area contributed by atoms with Crippen LogP contribution in [0.1, 0.15) is 0 Å². The molecule has 0 saturated heterocycles. The number of quaternary nitrogens is 1. The monoisotopic (exact) mass is 288 g/mol. The van der Waals surface area contributed by atoms with Gasteiger partial charge in [-0.15, -0.1) is 0 Å². The second-order valence-corrected chi connectivity index (χ2v) is 3.13. The molecule has 0 saturated carbocycles. The van der Waals surface area contributed by atoms with Gasteiger partial charge in [0.05, 0.1) is 13.2 Å². The van der Waals surface area contributed by atoms with Gasteiger partial charge in [-0.3, -0.25) is 9.80 Å². The van der Waals surface area contributed by atoms with E-state index in [1.165, 1.54) is 10.6 Å². The molecule has 2 nitrogen and oxygen atoms in total. The Bertz CT molecular complexity index is 284. The molecule has 0 radical (unpaired) electrons. The molecule has 1 aliphatic heterocycles. The molecule has 1 atom stereocenters. The molecule has 1 aliphatic rings. The smallest absolute Gasteiger partial charge is 0.161 e. The summed E-state index contributed by atoms with van der Waals surface area (Å²) in [5.41, 5.74) is 1.27. The van der Waals surface area contributed by atoms with Crippen LogP contribution < -0.4 is 33.8 Å². The minimum Gasteiger partial charge on any atom is -1.00 e. The van der Waals surface area contributed by atoms with Gasteiger partial charge < -0.3 is 24.0 Å². The summed E-state index contributed by atoms with van der Waals surface area (Å²) < 4.78 is 0. The molecule has 1 aromatic carbocycles. The number of hydrogen-bond donors (Lipinski definition) is 1. The molecule has 0 spiro atoms. The van der Waals surface area contributed by atoms with Crippen molar-refractivity contribution in [2.24, 2.45) is 0 Å². The van der Waals surface area contributed by atoms with Crippen molar-refractivity contribution >= 4 is 5.69 Å². The second-order valence-electron chi connectivity index (χ2n) is 3.13. The third-order valence-corrected chi connectivity index (χ3v) is 2.05. The molecule has 70 valence electrons.